The summed E-state index contributed by atoms with van der Waals surface area (Å²) in [7, 11) is 0. The summed E-state index contributed by atoms with van der Waals surface area (Å²) in [6.45, 7) is 0.211. The zero-order valence-corrected chi connectivity index (χ0v) is 12.4. The lowest BCUT2D eigenvalue weighted by Crippen LogP contribution is -2.23. The standard InChI is InChI=1S/C14H11BrN2O4/c15-12-6-11(7-13(8-12)17(19)20)14(18)16-21-9-10-4-2-1-3-5-10/h1-8H,9H2,(H,16,18). The molecule has 0 fully saturated rings. The number of carbonyl (C=O) groups excluding carboxylic acids is 1. The van der Waals surface area contributed by atoms with E-state index in [-0.39, 0.29) is 17.9 Å². The Labute approximate surface area is 129 Å². The van der Waals surface area contributed by atoms with Crippen LogP contribution in [-0.4, -0.2) is 10.8 Å². The SMILES string of the molecule is O=C(NOCc1ccccc1)c1cc(Br)cc([N+](=O)[O-])c1. The Balaban J connectivity index is 1.99. The maximum absolute atomic E-state index is 11.9. The molecule has 0 aliphatic carbocycles. The third-order valence-corrected chi connectivity index (χ3v) is 3.06. The monoisotopic (exact) mass is 350 g/mol. The summed E-state index contributed by atoms with van der Waals surface area (Å²) in [5.74, 6) is -0.546. The van der Waals surface area contributed by atoms with E-state index in [1.807, 2.05) is 30.3 Å². The molecule has 0 saturated carbocycles. The van der Waals surface area contributed by atoms with Gasteiger partial charge in [-0.2, -0.15) is 0 Å². The molecule has 2 aromatic rings. The van der Waals surface area contributed by atoms with Crippen molar-refractivity contribution in [1.82, 2.24) is 5.48 Å². The van der Waals surface area contributed by atoms with Crippen LogP contribution in [0.15, 0.2) is 53.0 Å². The maximum Gasteiger partial charge on any atom is 0.275 e. The fraction of sp³-hybridized carbons (Fsp3) is 0.0714. The Morgan fingerprint density at radius 3 is 2.62 bits per heavy atom. The molecule has 0 aliphatic heterocycles. The van der Waals surface area contributed by atoms with Crippen LogP contribution in [0.5, 0.6) is 0 Å². The average Bonchev–Trinajstić information content (AvgIpc) is 2.47. The predicted octanol–water partition coefficient (Wildman–Crippen LogP) is 3.22. The third-order valence-electron chi connectivity index (χ3n) is 2.60. The first-order valence-corrected chi connectivity index (χ1v) is 6.76. The molecule has 0 atom stereocenters. The van der Waals surface area contributed by atoms with Crippen LogP contribution in [0.25, 0.3) is 0 Å². The highest BCUT2D eigenvalue weighted by atomic mass is 79.9. The lowest BCUT2D eigenvalue weighted by Gasteiger charge is -2.06. The zero-order chi connectivity index (χ0) is 15.2. The number of hydrogen-bond donors (Lipinski definition) is 1. The van der Waals surface area contributed by atoms with E-state index >= 15 is 0 Å². The Bertz CT molecular complexity index is 661. The molecule has 7 heteroatoms. The Morgan fingerprint density at radius 1 is 1.24 bits per heavy atom. The van der Waals surface area contributed by atoms with Gasteiger partial charge in [-0.15, -0.1) is 0 Å². The van der Waals surface area contributed by atoms with Crippen molar-refractivity contribution in [2.24, 2.45) is 0 Å². The first-order chi connectivity index (χ1) is 10.1. The summed E-state index contributed by atoms with van der Waals surface area (Å²) in [4.78, 5) is 27.2. The minimum absolute atomic E-state index is 0.143. The molecule has 21 heavy (non-hydrogen) atoms. The summed E-state index contributed by atoms with van der Waals surface area (Å²) >= 11 is 3.13. The molecule has 1 amide bonds. The minimum atomic E-state index is -0.563. The van der Waals surface area contributed by atoms with Crippen LogP contribution < -0.4 is 5.48 Å². The van der Waals surface area contributed by atoms with Crippen molar-refractivity contribution in [3.63, 3.8) is 0 Å². The van der Waals surface area contributed by atoms with Gasteiger partial charge in [-0.3, -0.25) is 19.7 Å². The summed E-state index contributed by atoms with van der Waals surface area (Å²) in [5, 5.41) is 10.7. The van der Waals surface area contributed by atoms with E-state index in [0.717, 1.165) is 5.56 Å². The number of rotatable bonds is 5. The number of hydroxylamine groups is 1. The number of nitrogens with one attached hydrogen (secondary N) is 1. The van der Waals surface area contributed by atoms with Gasteiger partial charge in [-0.25, -0.2) is 5.48 Å². The van der Waals surface area contributed by atoms with Gasteiger partial charge in [0.2, 0.25) is 0 Å². The quantitative estimate of drug-likeness (QED) is 0.662. The molecule has 2 aromatic carbocycles. The van der Waals surface area contributed by atoms with E-state index in [4.69, 9.17) is 4.84 Å². The highest BCUT2D eigenvalue weighted by Gasteiger charge is 2.13. The number of non-ortho nitro benzene ring substituents is 1. The lowest BCUT2D eigenvalue weighted by atomic mass is 10.2. The smallest absolute Gasteiger partial charge is 0.269 e. The van der Waals surface area contributed by atoms with E-state index in [9.17, 15) is 14.9 Å². The molecular weight excluding hydrogens is 340 g/mol. The van der Waals surface area contributed by atoms with Gasteiger partial charge in [0.15, 0.2) is 0 Å². The topological polar surface area (TPSA) is 81.5 Å². The molecule has 1 N–H and O–H groups in total. The van der Waals surface area contributed by atoms with Crippen LogP contribution in [0.4, 0.5) is 5.69 Å². The van der Waals surface area contributed by atoms with Crippen molar-refractivity contribution in [1.29, 1.82) is 0 Å². The third kappa shape index (κ3) is 4.37. The molecule has 0 spiro atoms. The summed E-state index contributed by atoms with van der Waals surface area (Å²) < 4.78 is 0.449. The van der Waals surface area contributed by atoms with E-state index in [1.54, 1.807) is 0 Å². The van der Waals surface area contributed by atoms with Crippen LogP contribution >= 0.6 is 15.9 Å². The molecule has 2 rings (SSSR count). The van der Waals surface area contributed by atoms with E-state index in [2.05, 4.69) is 21.4 Å². The van der Waals surface area contributed by atoms with Crippen molar-refractivity contribution in [3.05, 3.63) is 74.2 Å². The van der Waals surface area contributed by atoms with Crippen LogP contribution in [0.2, 0.25) is 0 Å². The molecule has 0 heterocycles. The number of nitro groups is 1. The Kier molecular flexibility index (Phi) is 5.02. The first kappa shape index (κ1) is 15.1. The molecule has 0 unspecified atom stereocenters. The molecule has 108 valence electrons. The average molecular weight is 351 g/mol. The van der Waals surface area contributed by atoms with Crippen LogP contribution in [0.1, 0.15) is 15.9 Å². The molecule has 0 radical (unpaired) electrons. The largest absolute Gasteiger partial charge is 0.275 e. The van der Waals surface area contributed by atoms with Gasteiger partial charge < -0.3 is 0 Å². The van der Waals surface area contributed by atoms with Gasteiger partial charge in [0.25, 0.3) is 11.6 Å². The van der Waals surface area contributed by atoms with Crippen molar-refractivity contribution in [2.45, 2.75) is 6.61 Å². The summed E-state index contributed by atoms with van der Waals surface area (Å²) in [6.07, 6.45) is 0. The van der Waals surface area contributed by atoms with E-state index < -0.39 is 10.8 Å². The van der Waals surface area contributed by atoms with Crippen molar-refractivity contribution >= 4 is 27.5 Å². The molecule has 6 nitrogen and oxygen atoms in total. The van der Waals surface area contributed by atoms with Gasteiger partial charge in [0.1, 0.15) is 0 Å². The van der Waals surface area contributed by atoms with Gasteiger partial charge in [0.05, 0.1) is 11.5 Å². The lowest BCUT2D eigenvalue weighted by molar-refractivity contribution is -0.385. The second-order valence-corrected chi connectivity index (χ2v) is 5.08. The van der Waals surface area contributed by atoms with Gasteiger partial charge in [-0.1, -0.05) is 46.3 Å². The highest BCUT2D eigenvalue weighted by Crippen LogP contribution is 2.21. The first-order valence-electron chi connectivity index (χ1n) is 5.97. The van der Waals surface area contributed by atoms with Crippen LogP contribution in [-0.2, 0) is 11.4 Å². The number of carbonyl (C=O) groups is 1. The fourth-order valence-corrected chi connectivity index (χ4v) is 2.11. The van der Waals surface area contributed by atoms with Crippen molar-refractivity contribution in [2.75, 3.05) is 0 Å². The number of nitrogens with zero attached hydrogens (tertiary/aromatic N) is 1. The van der Waals surface area contributed by atoms with Gasteiger partial charge >= 0.3 is 0 Å². The maximum atomic E-state index is 11.9. The van der Waals surface area contributed by atoms with Crippen molar-refractivity contribution < 1.29 is 14.6 Å². The number of hydrogen-bond acceptors (Lipinski definition) is 4. The summed E-state index contributed by atoms with van der Waals surface area (Å²) in [6, 6.07) is 13.3. The molecule has 0 saturated heterocycles. The van der Waals surface area contributed by atoms with Crippen LogP contribution in [0.3, 0.4) is 0 Å². The van der Waals surface area contributed by atoms with Crippen LogP contribution in [0, 0.1) is 10.1 Å². The number of amides is 1. The molecule has 0 bridgehead atoms. The normalized spacial score (nSPS) is 10.1. The van der Waals surface area contributed by atoms with Gasteiger partial charge in [-0.05, 0) is 11.6 Å². The Morgan fingerprint density at radius 2 is 1.95 bits per heavy atom. The summed E-state index contributed by atoms with van der Waals surface area (Å²) in [5.41, 5.74) is 3.13. The van der Waals surface area contributed by atoms with Crippen molar-refractivity contribution in [3.8, 4) is 0 Å². The predicted molar refractivity (Wildman–Crippen MR) is 79.5 cm³/mol. The second kappa shape index (κ2) is 6.96. The minimum Gasteiger partial charge on any atom is -0.269 e. The number of halogens is 1. The molecule has 0 aliphatic rings. The molecule has 0 aromatic heterocycles. The van der Waals surface area contributed by atoms with E-state index in [1.165, 1.54) is 18.2 Å². The fourth-order valence-electron chi connectivity index (χ4n) is 1.63. The number of nitro benzene ring substituents is 1. The molecular formula is C14H11BrN2O4. The Hall–Kier alpha value is -2.25. The van der Waals surface area contributed by atoms with E-state index in [0.29, 0.717) is 4.47 Å². The van der Waals surface area contributed by atoms with Gasteiger partial charge in [0, 0.05) is 22.2 Å². The second-order valence-electron chi connectivity index (χ2n) is 4.16. The highest BCUT2D eigenvalue weighted by molar-refractivity contribution is 9.10. The number of benzene rings is 2. The zero-order valence-electron chi connectivity index (χ0n) is 10.8.